The fourth-order valence-corrected chi connectivity index (χ4v) is 2.55. The van der Waals surface area contributed by atoms with Crippen LogP contribution in [0.5, 0.6) is 0 Å². The minimum atomic E-state index is -0.325. The van der Waals surface area contributed by atoms with Crippen LogP contribution in [0.4, 0.5) is 0 Å². The molecule has 0 aliphatic carbocycles. The lowest BCUT2D eigenvalue weighted by Gasteiger charge is -2.04. The van der Waals surface area contributed by atoms with Gasteiger partial charge >= 0.3 is 0 Å². The van der Waals surface area contributed by atoms with Crippen molar-refractivity contribution in [2.45, 2.75) is 13.5 Å². The number of pyridine rings is 1. The van der Waals surface area contributed by atoms with Gasteiger partial charge < -0.3 is 9.84 Å². The second kappa shape index (κ2) is 5.86. The lowest BCUT2D eigenvalue weighted by molar-refractivity contribution is 0.0941. The molecular weight excluding hydrogens is 322 g/mol. The Labute approximate surface area is 142 Å². The van der Waals surface area contributed by atoms with Crippen molar-refractivity contribution in [2.24, 2.45) is 7.05 Å². The summed E-state index contributed by atoms with van der Waals surface area (Å²) in [6.07, 6.45) is 3.16. The zero-order chi connectivity index (χ0) is 17.4. The van der Waals surface area contributed by atoms with Crippen LogP contribution in [0, 0.1) is 6.92 Å². The minimum absolute atomic E-state index is 0.212. The van der Waals surface area contributed by atoms with Gasteiger partial charge in [-0.1, -0.05) is 11.2 Å². The van der Waals surface area contributed by atoms with E-state index in [9.17, 15) is 4.79 Å². The normalized spacial score (nSPS) is 11.1. The number of hydrogen-bond acceptors (Lipinski definition) is 6. The summed E-state index contributed by atoms with van der Waals surface area (Å²) in [6.45, 7) is 2.22. The van der Waals surface area contributed by atoms with E-state index in [-0.39, 0.29) is 11.6 Å². The maximum atomic E-state index is 12.3. The van der Waals surface area contributed by atoms with Crippen LogP contribution >= 0.6 is 0 Å². The van der Waals surface area contributed by atoms with Crippen LogP contribution in [-0.4, -0.2) is 35.4 Å². The number of carbonyl (C=O) groups excluding carboxylic acids is 1. The highest BCUT2D eigenvalue weighted by Crippen LogP contribution is 2.23. The molecule has 1 N–H and O–H groups in total. The lowest BCUT2D eigenvalue weighted by atomic mass is 10.2. The van der Waals surface area contributed by atoms with Crippen LogP contribution in [0.1, 0.15) is 21.9 Å². The molecule has 126 valence electrons. The zero-order valence-electron chi connectivity index (χ0n) is 13.7. The monoisotopic (exact) mass is 337 g/mol. The highest BCUT2D eigenvalue weighted by molar-refractivity contribution is 5.93. The van der Waals surface area contributed by atoms with Gasteiger partial charge in [0.05, 0.1) is 24.0 Å². The molecule has 1 amide bonds. The number of aryl methyl sites for hydroxylation is 1. The van der Waals surface area contributed by atoms with Gasteiger partial charge in [-0.05, 0) is 19.1 Å². The van der Waals surface area contributed by atoms with Gasteiger partial charge in [-0.15, -0.1) is 0 Å². The second-order valence-electron chi connectivity index (χ2n) is 5.57. The molecule has 0 unspecified atom stereocenters. The average molecular weight is 337 g/mol. The molecule has 9 heteroatoms. The standard InChI is InChI=1S/C16H15N7O2/c1-10-12(8-19-22(10)2)14-6-13(21-25-14)16(24)17-7-11-4-3-5-15-18-9-20-23(11)15/h3-6,8-9H,7H2,1-2H3,(H,17,24). The van der Waals surface area contributed by atoms with Crippen molar-refractivity contribution in [3.8, 4) is 11.3 Å². The summed E-state index contributed by atoms with van der Waals surface area (Å²) >= 11 is 0. The van der Waals surface area contributed by atoms with E-state index in [0.29, 0.717) is 12.3 Å². The van der Waals surface area contributed by atoms with E-state index in [1.54, 1.807) is 21.5 Å². The number of fused-ring (bicyclic) bond motifs is 1. The van der Waals surface area contributed by atoms with Crippen molar-refractivity contribution in [1.82, 2.24) is 34.9 Å². The highest BCUT2D eigenvalue weighted by atomic mass is 16.5. The molecule has 0 aliphatic rings. The molecule has 0 fully saturated rings. The van der Waals surface area contributed by atoms with E-state index in [4.69, 9.17) is 4.52 Å². The van der Waals surface area contributed by atoms with Gasteiger partial charge in [0.2, 0.25) is 0 Å². The molecule has 9 nitrogen and oxygen atoms in total. The third kappa shape index (κ3) is 2.65. The first kappa shape index (κ1) is 15.1. The Morgan fingerprint density at radius 1 is 1.32 bits per heavy atom. The lowest BCUT2D eigenvalue weighted by Crippen LogP contribution is -2.24. The van der Waals surface area contributed by atoms with E-state index >= 15 is 0 Å². The average Bonchev–Trinajstić information content (AvgIpc) is 3.34. The maximum absolute atomic E-state index is 12.3. The first-order valence-corrected chi connectivity index (χ1v) is 7.65. The molecule has 4 rings (SSSR count). The van der Waals surface area contributed by atoms with E-state index < -0.39 is 0 Å². The summed E-state index contributed by atoms with van der Waals surface area (Å²) in [4.78, 5) is 16.4. The number of nitrogens with zero attached hydrogens (tertiary/aromatic N) is 6. The third-order valence-corrected chi connectivity index (χ3v) is 4.05. The smallest absolute Gasteiger partial charge is 0.273 e. The molecule has 25 heavy (non-hydrogen) atoms. The van der Waals surface area contributed by atoms with Gasteiger partial charge in [-0.2, -0.15) is 10.2 Å². The minimum Gasteiger partial charge on any atom is -0.355 e. The quantitative estimate of drug-likeness (QED) is 0.603. The summed E-state index contributed by atoms with van der Waals surface area (Å²) in [5.74, 6) is 0.183. The van der Waals surface area contributed by atoms with Gasteiger partial charge in [0.1, 0.15) is 6.33 Å². The first-order chi connectivity index (χ1) is 12.1. The second-order valence-corrected chi connectivity index (χ2v) is 5.57. The third-order valence-electron chi connectivity index (χ3n) is 4.05. The Hall–Kier alpha value is -3.49. The Kier molecular flexibility index (Phi) is 3.53. The van der Waals surface area contributed by atoms with Crippen LogP contribution < -0.4 is 5.32 Å². The largest absolute Gasteiger partial charge is 0.355 e. The van der Waals surface area contributed by atoms with Gasteiger partial charge in [0.15, 0.2) is 17.1 Å². The van der Waals surface area contributed by atoms with E-state index in [1.165, 1.54) is 6.33 Å². The molecule has 4 heterocycles. The fraction of sp³-hybridized carbons (Fsp3) is 0.188. The number of hydrogen-bond donors (Lipinski definition) is 1. The van der Waals surface area contributed by atoms with E-state index in [1.807, 2.05) is 32.2 Å². The predicted molar refractivity (Wildman–Crippen MR) is 87.6 cm³/mol. The van der Waals surface area contributed by atoms with Crippen LogP contribution in [0.3, 0.4) is 0 Å². The number of aromatic nitrogens is 6. The Morgan fingerprint density at radius 2 is 2.20 bits per heavy atom. The van der Waals surface area contributed by atoms with Crippen molar-refractivity contribution in [3.05, 3.63) is 53.9 Å². The molecule has 4 aromatic rings. The predicted octanol–water partition coefficient (Wildman–Crippen LogP) is 1.36. The van der Waals surface area contributed by atoms with E-state index in [0.717, 1.165) is 22.6 Å². The van der Waals surface area contributed by atoms with Gasteiger partial charge in [0, 0.05) is 18.8 Å². The van der Waals surface area contributed by atoms with Crippen LogP contribution in [0.2, 0.25) is 0 Å². The number of rotatable bonds is 4. The van der Waals surface area contributed by atoms with Crippen LogP contribution in [0.25, 0.3) is 17.0 Å². The van der Waals surface area contributed by atoms with Crippen molar-refractivity contribution in [2.75, 3.05) is 0 Å². The zero-order valence-corrected chi connectivity index (χ0v) is 13.7. The molecule has 0 aromatic carbocycles. The summed E-state index contributed by atoms with van der Waals surface area (Å²) < 4.78 is 8.69. The molecule has 0 aliphatic heterocycles. The molecule has 0 saturated heterocycles. The summed E-state index contributed by atoms with van der Waals surface area (Å²) in [5.41, 5.74) is 3.49. The fourth-order valence-electron chi connectivity index (χ4n) is 2.55. The molecule has 0 saturated carbocycles. The summed E-state index contributed by atoms with van der Waals surface area (Å²) in [7, 11) is 1.84. The van der Waals surface area contributed by atoms with Crippen LogP contribution in [-0.2, 0) is 13.6 Å². The van der Waals surface area contributed by atoms with Gasteiger partial charge in [-0.3, -0.25) is 9.48 Å². The topological polar surface area (TPSA) is 103 Å². The molecule has 4 aromatic heterocycles. The molecular formula is C16H15N7O2. The number of amides is 1. The van der Waals surface area contributed by atoms with Crippen molar-refractivity contribution in [1.29, 1.82) is 0 Å². The van der Waals surface area contributed by atoms with Crippen molar-refractivity contribution < 1.29 is 9.32 Å². The van der Waals surface area contributed by atoms with Crippen LogP contribution in [0.15, 0.2) is 41.3 Å². The highest BCUT2D eigenvalue weighted by Gasteiger charge is 2.17. The SMILES string of the molecule is Cc1c(-c2cc(C(=O)NCc3cccc4ncnn34)no2)cnn1C. The van der Waals surface area contributed by atoms with Crippen molar-refractivity contribution >= 4 is 11.6 Å². The summed E-state index contributed by atoms with van der Waals surface area (Å²) in [6, 6.07) is 7.19. The summed E-state index contributed by atoms with van der Waals surface area (Å²) in [5, 5.41) is 15.0. The number of carbonyl (C=O) groups is 1. The Morgan fingerprint density at radius 3 is 3.00 bits per heavy atom. The molecule has 0 atom stereocenters. The first-order valence-electron chi connectivity index (χ1n) is 7.65. The van der Waals surface area contributed by atoms with Gasteiger partial charge in [-0.25, -0.2) is 9.50 Å². The maximum Gasteiger partial charge on any atom is 0.273 e. The molecule has 0 bridgehead atoms. The van der Waals surface area contributed by atoms with Crippen molar-refractivity contribution in [3.63, 3.8) is 0 Å². The number of nitrogens with one attached hydrogen (secondary N) is 1. The Bertz CT molecular complexity index is 1060. The molecule has 0 spiro atoms. The van der Waals surface area contributed by atoms with Gasteiger partial charge in [0.25, 0.3) is 5.91 Å². The van der Waals surface area contributed by atoms with E-state index in [2.05, 4.69) is 25.7 Å². The Balaban J connectivity index is 1.50. The molecule has 0 radical (unpaired) electrons.